The van der Waals surface area contributed by atoms with Crippen molar-refractivity contribution in [2.45, 2.75) is 37.9 Å². The summed E-state index contributed by atoms with van der Waals surface area (Å²) in [6.07, 6.45) is 6.25. The fourth-order valence-electron chi connectivity index (χ4n) is 4.70. The number of imide groups is 1. The molecule has 1 aromatic heterocycles. The van der Waals surface area contributed by atoms with E-state index in [0.29, 0.717) is 16.7 Å². The summed E-state index contributed by atoms with van der Waals surface area (Å²) in [6, 6.07) is 8.90. The Balaban J connectivity index is 1.42. The minimum Gasteiger partial charge on any atom is -0.331 e. The number of fused-ring (bicyclic) bond motifs is 3. The van der Waals surface area contributed by atoms with Crippen molar-refractivity contribution < 1.29 is 14.4 Å². The van der Waals surface area contributed by atoms with E-state index in [9.17, 15) is 14.4 Å². The zero-order chi connectivity index (χ0) is 20.0. The molecule has 2 aromatic rings. The summed E-state index contributed by atoms with van der Waals surface area (Å²) in [5.41, 5.74) is 1.99. The largest absolute Gasteiger partial charge is 0.331 e. The van der Waals surface area contributed by atoms with Crippen molar-refractivity contribution >= 4 is 17.7 Å². The summed E-state index contributed by atoms with van der Waals surface area (Å²) in [6.45, 7) is 1.93. The van der Waals surface area contributed by atoms with Crippen LogP contribution in [-0.2, 0) is 6.54 Å². The van der Waals surface area contributed by atoms with Crippen LogP contribution in [-0.4, -0.2) is 57.7 Å². The first kappa shape index (κ1) is 18.0. The summed E-state index contributed by atoms with van der Waals surface area (Å²) < 4.78 is 0. The average Bonchev–Trinajstić information content (AvgIpc) is 3.14. The summed E-state index contributed by atoms with van der Waals surface area (Å²) in [5, 5.41) is 3.39. The average molecular weight is 390 g/mol. The van der Waals surface area contributed by atoms with E-state index in [4.69, 9.17) is 0 Å². The van der Waals surface area contributed by atoms with Crippen molar-refractivity contribution in [2.24, 2.45) is 0 Å². The Morgan fingerprint density at radius 1 is 1.00 bits per heavy atom. The van der Waals surface area contributed by atoms with E-state index in [1.165, 1.54) is 4.90 Å². The fraction of sp³-hybridized carbons (Fsp3) is 0.364. The molecule has 3 amide bonds. The number of benzene rings is 1. The number of aromatic nitrogens is 1. The Morgan fingerprint density at radius 2 is 1.76 bits per heavy atom. The van der Waals surface area contributed by atoms with Crippen LogP contribution >= 0.6 is 0 Å². The Bertz CT molecular complexity index is 977. The van der Waals surface area contributed by atoms with Gasteiger partial charge in [0, 0.05) is 36.6 Å². The highest BCUT2D eigenvalue weighted by atomic mass is 16.2. The molecule has 1 aromatic carbocycles. The molecule has 0 aliphatic carbocycles. The van der Waals surface area contributed by atoms with Crippen LogP contribution < -0.4 is 5.32 Å². The van der Waals surface area contributed by atoms with Crippen LogP contribution in [0.5, 0.6) is 0 Å². The first-order valence-corrected chi connectivity index (χ1v) is 10.1. The second-order valence-electron chi connectivity index (χ2n) is 7.90. The second-order valence-corrected chi connectivity index (χ2v) is 7.90. The topological polar surface area (TPSA) is 82.6 Å². The van der Waals surface area contributed by atoms with Gasteiger partial charge in [0.25, 0.3) is 17.7 Å². The van der Waals surface area contributed by atoms with E-state index in [1.54, 1.807) is 42.7 Å². The number of hydrogen-bond donors (Lipinski definition) is 1. The summed E-state index contributed by atoms with van der Waals surface area (Å²) in [4.78, 5) is 46.1. The third-order valence-electron chi connectivity index (χ3n) is 6.20. The Kier molecular flexibility index (Phi) is 4.39. The smallest absolute Gasteiger partial charge is 0.261 e. The molecule has 0 saturated carbocycles. The quantitative estimate of drug-likeness (QED) is 0.809. The molecule has 0 spiro atoms. The highest BCUT2D eigenvalue weighted by Gasteiger charge is 2.40. The van der Waals surface area contributed by atoms with Gasteiger partial charge in [-0.3, -0.25) is 24.3 Å². The summed E-state index contributed by atoms with van der Waals surface area (Å²) in [5.74, 6) is -0.714. The summed E-state index contributed by atoms with van der Waals surface area (Å²) >= 11 is 0. The molecule has 1 N–H and O–H groups in total. The number of carbonyl (C=O) groups is 3. The van der Waals surface area contributed by atoms with E-state index < -0.39 is 0 Å². The first-order chi connectivity index (χ1) is 14.1. The molecular formula is C22H22N4O3. The van der Waals surface area contributed by atoms with Crippen molar-refractivity contribution in [3.05, 3.63) is 65.0 Å². The van der Waals surface area contributed by atoms with Crippen LogP contribution in [0.15, 0.2) is 42.7 Å². The molecule has 148 valence electrons. The monoisotopic (exact) mass is 390 g/mol. The number of carbonyl (C=O) groups excluding carboxylic acids is 3. The molecular weight excluding hydrogens is 368 g/mol. The van der Waals surface area contributed by atoms with Crippen LogP contribution in [0.1, 0.15) is 55.9 Å². The van der Waals surface area contributed by atoms with E-state index in [1.807, 2.05) is 4.90 Å². The van der Waals surface area contributed by atoms with Crippen LogP contribution in [0.3, 0.4) is 0 Å². The van der Waals surface area contributed by atoms with Gasteiger partial charge >= 0.3 is 0 Å². The van der Waals surface area contributed by atoms with Crippen molar-refractivity contribution in [1.29, 1.82) is 0 Å². The lowest BCUT2D eigenvalue weighted by Crippen LogP contribution is -2.42. The molecule has 3 aliphatic rings. The SMILES string of the molecule is O=C1c2ccc(C(=O)N3C4CCNCC3CC4)cc2C(=O)N1Cc1ccncc1. The van der Waals surface area contributed by atoms with Gasteiger partial charge in [0.15, 0.2) is 0 Å². The molecule has 2 unspecified atom stereocenters. The molecule has 7 nitrogen and oxygen atoms in total. The van der Waals surface area contributed by atoms with Gasteiger partial charge in [0.1, 0.15) is 0 Å². The minimum atomic E-state index is -0.350. The van der Waals surface area contributed by atoms with Crippen LogP contribution in [0.25, 0.3) is 0 Å². The van der Waals surface area contributed by atoms with E-state index >= 15 is 0 Å². The standard InChI is InChI=1S/C22H22N4O3/c27-20(26-16-2-3-17(26)12-24-10-7-16)15-1-4-18-19(11-15)22(29)25(21(18)28)13-14-5-8-23-9-6-14/h1,4-6,8-9,11,16-17,24H,2-3,7,10,12-13H2. The number of rotatable bonds is 3. The van der Waals surface area contributed by atoms with Gasteiger partial charge in [-0.15, -0.1) is 0 Å². The molecule has 2 atom stereocenters. The molecule has 4 heterocycles. The van der Waals surface area contributed by atoms with E-state index in [2.05, 4.69) is 10.3 Å². The molecule has 2 saturated heterocycles. The lowest BCUT2D eigenvalue weighted by atomic mass is 10.0. The maximum absolute atomic E-state index is 13.3. The maximum Gasteiger partial charge on any atom is 0.261 e. The molecule has 3 aliphatic heterocycles. The lowest BCUT2D eigenvalue weighted by Gasteiger charge is -2.28. The number of hydrogen-bond acceptors (Lipinski definition) is 5. The van der Waals surface area contributed by atoms with Gasteiger partial charge < -0.3 is 10.2 Å². The molecule has 2 fully saturated rings. The first-order valence-electron chi connectivity index (χ1n) is 10.1. The molecule has 0 radical (unpaired) electrons. The Labute approximate surface area is 168 Å². The highest BCUT2D eigenvalue weighted by molar-refractivity contribution is 6.22. The normalized spacial score (nSPS) is 23.3. The van der Waals surface area contributed by atoms with Gasteiger partial charge in [0.2, 0.25) is 0 Å². The zero-order valence-electron chi connectivity index (χ0n) is 16.0. The molecule has 2 bridgehead atoms. The van der Waals surface area contributed by atoms with Gasteiger partial charge in [-0.25, -0.2) is 0 Å². The highest BCUT2D eigenvalue weighted by Crippen LogP contribution is 2.31. The predicted octanol–water partition coefficient (Wildman–Crippen LogP) is 1.84. The second kappa shape index (κ2) is 7.08. The minimum absolute atomic E-state index is 0.0446. The Morgan fingerprint density at radius 3 is 2.59 bits per heavy atom. The van der Waals surface area contributed by atoms with Crippen LogP contribution in [0.4, 0.5) is 0 Å². The maximum atomic E-state index is 13.3. The van der Waals surface area contributed by atoms with Crippen molar-refractivity contribution in [3.63, 3.8) is 0 Å². The third kappa shape index (κ3) is 3.02. The van der Waals surface area contributed by atoms with Gasteiger partial charge in [-0.2, -0.15) is 0 Å². The van der Waals surface area contributed by atoms with Gasteiger partial charge in [0.05, 0.1) is 17.7 Å². The summed E-state index contributed by atoms with van der Waals surface area (Å²) in [7, 11) is 0. The number of amides is 3. The third-order valence-corrected chi connectivity index (χ3v) is 6.20. The number of nitrogens with one attached hydrogen (secondary N) is 1. The fourth-order valence-corrected chi connectivity index (χ4v) is 4.70. The number of nitrogens with zero attached hydrogens (tertiary/aromatic N) is 3. The van der Waals surface area contributed by atoms with Crippen LogP contribution in [0, 0.1) is 0 Å². The van der Waals surface area contributed by atoms with Crippen molar-refractivity contribution in [1.82, 2.24) is 20.1 Å². The van der Waals surface area contributed by atoms with E-state index in [0.717, 1.165) is 37.9 Å². The van der Waals surface area contributed by atoms with E-state index in [-0.39, 0.29) is 36.3 Å². The molecule has 5 rings (SSSR count). The van der Waals surface area contributed by atoms with Crippen molar-refractivity contribution in [3.8, 4) is 0 Å². The lowest BCUT2D eigenvalue weighted by molar-refractivity contribution is 0.0641. The Hall–Kier alpha value is -3.06. The van der Waals surface area contributed by atoms with Crippen molar-refractivity contribution in [2.75, 3.05) is 13.1 Å². The van der Waals surface area contributed by atoms with Crippen LogP contribution in [0.2, 0.25) is 0 Å². The predicted molar refractivity (Wildman–Crippen MR) is 105 cm³/mol. The zero-order valence-corrected chi connectivity index (χ0v) is 16.0. The van der Waals surface area contributed by atoms with Gasteiger partial charge in [-0.1, -0.05) is 0 Å². The molecule has 29 heavy (non-hydrogen) atoms. The van der Waals surface area contributed by atoms with Gasteiger partial charge in [-0.05, 0) is 61.7 Å². The molecule has 7 heteroatoms. The number of pyridine rings is 1.